The molecule has 1 unspecified atom stereocenters. The van der Waals surface area contributed by atoms with Crippen molar-refractivity contribution < 1.29 is 4.79 Å². The molecule has 1 N–H and O–H groups in total. The molecule has 1 amide bonds. The SMILES string of the molecule is O=C1CC(NC2CCCC2)CN1C1Cc2ccccc2C1. The van der Waals surface area contributed by atoms with E-state index in [9.17, 15) is 4.79 Å². The van der Waals surface area contributed by atoms with Gasteiger partial charge in [0, 0.05) is 31.1 Å². The van der Waals surface area contributed by atoms with Crippen LogP contribution < -0.4 is 5.32 Å². The molecule has 0 spiro atoms. The van der Waals surface area contributed by atoms with Crippen LogP contribution in [0.3, 0.4) is 0 Å². The Morgan fingerprint density at radius 3 is 2.29 bits per heavy atom. The van der Waals surface area contributed by atoms with Gasteiger partial charge in [-0.1, -0.05) is 37.1 Å². The number of amides is 1. The molecule has 4 rings (SSSR count). The zero-order chi connectivity index (χ0) is 14.2. The fourth-order valence-corrected chi connectivity index (χ4v) is 4.38. The third kappa shape index (κ3) is 2.59. The number of carbonyl (C=O) groups excluding carboxylic acids is 1. The van der Waals surface area contributed by atoms with Crippen LogP contribution in [-0.2, 0) is 17.6 Å². The minimum Gasteiger partial charge on any atom is -0.337 e. The van der Waals surface area contributed by atoms with E-state index in [-0.39, 0.29) is 0 Å². The van der Waals surface area contributed by atoms with E-state index in [4.69, 9.17) is 0 Å². The molecule has 1 aromatic rings. The maximum absolute atomic E-state index is 12.4. The number of carbonyl (C=O) groups is 1. The number of hydrogen-bond acceptors (Lipinski definition) is 2. The number of benzene rings is 1. The number of nitrogens with zero attached hydrogens (tertiary/aromatic N) is 1. The van der Waals surface area contributed by atoms with Crippen LogP contribution in [0.5, 0.6) is 0 Å². The molecular weight excluding hydrogens is 260 g/mol. The summed E-state index contributed by atoms with van der Waals surface area (Å²) in [4.78, 5) is 14.5. The molecule has 2 aliphatic carbocycles. The zero-order valence-corrected chi connectivity index (χ0v) is 12.6. The molecule has 0 bridgehead atoms. The topological polar surface area (TPSA) is 32.3 Å². The number of likely N-dealkylation sites (tertiary alicyclic amines) is 1. The van der Waals surface area contributed by atoms with Crippen molar-refractivity contribution >= 4 is 5.91 Å². The van der Waals surface area contributed by atoms with Crippen molar-refractivity contribution in [3.05, 3.63) is 35.4 Å². The normalized spacial score (nSPS) is 26.8. The van der Waals surface area contributed by atoms with E-state index in [1.807, 2.05) is 0 Å². The summed E-state index contributed by atoms with van der Waals surface area (Å²) in [5.74, 6) is 0.350. The Balaban J connectivity index is 1.39. The summed E-state index contributed by atoms with van der Waals surface area (Å²) in [6.45, 7) is 0.911. The van der Waals surface area contributed by atoms with Crippen LogP contribution in [-0.4, -0.2) is 35.5 Å². The first-order valence-corrected chi connectivity index (χ1v) is 8.42. The van der Waals surface area contributed by atoms with Crippen LogP contribution in [0.1, 0.15) is 43.2 Å². The predicted molar refractivity (Wildman–Crippen MR) is 83.1 cm³/mol. The van der Waals surface area contributed by atoms with E-state index >= 15 is 0 Å². The van der Waals surface area contributed by atoms with E-state index in [0.29, 0.717) is 30.5 Å². The van der Waals surface area contributed by atoms with E-state index < -0.39 is 0 Å². The fraction of sp³-hybridized carbons (Fsp3) is 0.611. The fourth-order valence-electron chi connectivity index (χ4n) is 4.38. The Labute approximate surface area is 126 Å². The highest BCUT2D eigenvalue weighted by molar-refractivity contribution is 5.80. The van der Waals surface area contributed by atoms with Gasteiger partial charge in [-0.15, -0.1) is 0 Å². The molecule has 2 fully saturated rings. The van der Waals surface area contributed by atoms with E-state index in [0.717, 1.165) is 19.4 Å². The third-order valence-corrected chi connectivity index (χ3v) is 5.46. The van der Waals surface area contributed by atoms with Crippen molar-refractivity contribution in [3.63, 3.8) is 0 Å². The minimum atomic E-state index is 0.350. The third-order valence-electron chi connectivity index (χ3n) is 5.46. The Morgan fingerprint density at radius 1 is 0.952 bits per heavy atom. The molecule has 1 saturated carbocycles. The second-order valence-corrected chi connectivity index (χ2v) is 6.93. The van der Waals surface area contributed by atoms with Crippen LogP contribution in [0.25, 0.3) is 0 Å². The zero-order valence-electron chi connectivity index (χ0n) is 12.6. The highest BCUT2D eigenvalue weighted by atomic mass is 16.2. The Kier molecular flexibility index (Phi) is 3.46. The lowest BCUT2D eigenvalue weighted by Gasteiger charge is -2.25. The second-order valence-electron chi connectivity index (χ2n) is 6.93. The number of fused-ring (bicyclic) bond motifs is 1. The van der Waals surface area contributed by atoms with Gasteiger partial charge >= 0.3 is 0 Å². The molecule has 1 atom stereocenters. The molecule has 1 aliphatic heterocycles. The summed E-state index contributed by atoms with van der Waals surface area (Å²) in [6, 6.07) is 10.1. The van der Waals surface area contributed by atoms with Crippen molar-refractivity contribution in [3.8, 4) is 0 Å². The molecule has 3 nitrogen and oxygen atoms in total. The molecule has 1 saturated heterocycles. The Bertz CT molecular complexity index is 511. The van der Waals surface area contributed by atoms with Crippen molar-refractivity contribution in [2.75, 3.05) is 6.54 Å². The van der Waals surface area contributed by atoms with Gasteiger partial charge in [-0.05, 0) is 36.8 Å². The molecule has 0 radical (unpaired) electrons. The lowest BCUT2D eigenvalue weighted by molar-refractivity contribution is -0.129. The van der Waals surface area contributed by atoms with Gasteiger partial charge in [-0.2, -0.15) is 0 Å². The minimum absolute atomic E-state index is 0.350. The van der Waals surface area contributed by atoms with Gasteiger partial charge in [-0.25, -0.2) is 0 Å². The van der Waals surface area contributed by atoms with Gasteiger partial charge in [0.1, 0.15) is 0 Å². The first-order chi connectivity index (χ1) is 10.3. The van der Waals surface area contributed by atoms with E-state index in [2.05, 4.69) is 34.5 Å². The number of hydrogen-bond donors (Lipinski definition) is 1. The molecule has 1 heterocycles. The van der Waals surface area contributed by atoms with Gasteiger partial charge in [-0.3, -0.25) is 4.79 Å². The molecule has 21 heavy (non-hydrogen) atoms. The van der Waals surface area contributed by atoms with Gasteiger partial charge in [0.25, 0.3) is 0 Å². The highest BCUT2D eigenvalue weighted by Gasteiger charge is 2.37. The lowest BCUT2D eigenvalue weighted by atomic mass is 10.1. The van der Waals surface area contributed by atoms with Gasteiger partial charge in [0.2, 0.25) is 5.91 Å². The van der Waals surface area contributed by atoms with Crippen molar-refractivity contribution in [2.24, 2.45) is 0 Å². The van der Waals surface area contributed by atoms with E-state index in [1.54, 1.807) is 0 Å². The molecule has 1 aromatic carbocycles. The van der Waals surface area contributed by atoms with Crippen molar-refractivity contribution in [1.29, 1.82) is 0 Å². The largest absolute Gasteiger partial charge is 0.337 e. The van der Waals surface area contributed by atoms with Crippen molar-refractivity contribution in [1.82, 2.24) is 10.2 Å². The molecular formula is C18H24N2O. The number of nitrogens with one attached hydrogen (secondary N) is 1. The summed E-state index contributed by atoms with van der Waals surface area (Å²) < 4.78 is 0. The van der Waals surface area contributed by atoms with E-state index in [1.165, 1.54) is 36.8 Å². The van der Waals surface area contributed by atoms with Crippen molar-refractivity contribution in [2.45, 2.75) is 63.1 Å². The molecule has 112 valence electrons. The van der Waals surface area contributed by atoms with Gasteiger partial charge < -0.3 is 10.2 Å². The van der Waals surface area contributed by atoms with Crippen LogP contribution in [0.4, 0.5) is 0 Å². The van der Waals surface area contributed by atoms with Gasteiger partial charge in [0.05, 0.1) is 0 Å². The summed E-state index contributed by atoms with van der Waals surface area (Å²) in [5, 5.41) is 3.72. The van der Waals surface area contributed by atoms with Crippen LogP contribution >= 0.6 is 0 Å². The Morgan fingerprint density at radius 2 is 1.62 bits per heavy atom. The number of rotatable bonds is 3. The maximum atomic E-state index is 12.4. The smallest absolute Gasteiger partial charge is 0.224 e. The van der Waals surface area contributed by atoms with Crippen LogP contribution in [0.2, 0.25) is 0 Å². The summed E-state index contributed by atoms with van der Waals surface area (Å²) in [5.41, 5.74) is 2.87. The quantitative estimate of drug-likeness (QED) is 0.923. The lowest BCUT2D eigenvalue weighted by Crippen LogP contribution is -2.41. The summed E-state index contributed by atoms with van der Waals surface area (Å²) >= 11 is 0. The van der Waals surface area contributed by atoms with Crippen LogP contribution in [0.15, 0.2) is 24.3 Å². The molecule has 3 aliphatic rings. The first-order valence-electron chi connectivity index (χ1n) is 8.42. The summed E-state index contributed by atoms with van der Waals surface area (Å²) in [6.07, 6.45) is 8.05. The second kappa shape index (κ2) is 5.45. The average molecular weight is 284 g/mol. The monoisotopic (exact) mass is 284 g/mol. The molecule has 0 aromatic heterocycles. The average Bonchev–Trinajstić information content (AvgIpc) is 3.18. The molecule has 3 heteroatoms. The Hall–Kier alpha value is -1.35. The maximum Gasteiger partial charge on any atom is 0.224 e. The van der Waals surface area contributed by atoms with Gasteiger partial charge in [0.15, 0.2) is 0 Å². The first kappa shape index (κ1) is 13.3. The predicted octanol–water partition coefficient (Wildman–Crippen LogP) is 2.29. The summed E-state index contributed by atoms with van der Waals surface area (Å²) in [7, 11) is 0. The standard InChI is InChI=1S/C18H24N2O/c21-18-11-16(19-15-7-3-4-8-15)12-20(18)17-9-13-5-1-2-6-14(13)10-17/h1-2,5-6,15-17,19H,3-4,7-12H2. The highest BCUT2D eigenvalue weighted by Crippen LogP contribution is 2.29. The van der Waals surface area contributed by atoms with Crippen LogP contribution in [0, 0.1) is 0 Å².